The first-order valence-electron chi connectivity index (χ1n) is 5.14. The minimum Gasteiger partial charge on any atom is -0.396 e. The number of hydrogen-bond donors (Lipinski definition) is 1. The van der Waals surface area contributed by atoms with Crippen LogP contribution in [0.25, 0.3) is 0 Å². The van der Waals surface area contributed by atoms with E-state index in [9.17, 15) is 0 Å². The van der Waals surface area contributed by atoms with Crippen molar-refractivity contribution in [3.63, 3.8) is 0 Å². The largest absolute Gasteiger partial charge is 0.396 e. The molecule has 82 valence electrons. The van der Waals surface area contributed by atoms with E-state index in [0.29, 0.717) is 5.88 Å². The fourth-order valence-corrected chi connectivity index (χ4v) is 1.17. The molecule has 0 aromatic rings. The maximum Gasteiger partial charge on any atom is 0.0498 e. The van der Waals surface area contributed by atoms with Crippen LogP contribution in [0.3, 0.4) is 0 Å². The SMILES string of the molecule is CC(C)C.CCC(CC)(CO)CCl. The molecule has 0 aliphatic carbocycles. The lowest BCUT2D eigenvalue weighted by atomic mass is 9.86. The number of aliphatic hydroxyl groups excluding tert-OH is 1. The Morgan fingerprint density at radius 2 is 1.46 bits per heavy atom. The Balaban J connectivity index is 0. The molecule has 0 atom stereocenters. The van der Waals surface area contributed by atoms with E-state index in [0.717, 1.165) is 18.8 Å². The Kier molecular flexibility index (Phi) is 10.7. The fraction of sp³-hybridized carbons (Fsp3) is 1.00. The third-order valence-corrected chi connectivity index (χ3v) is 2.69. The Labute approximate surface area is 88.5 Å². The van der Waals surface area contributed by atoms with Gasteiger partial charge in [0.2, 0.25) is 0 Å². The van der Waals surface area contributed by atoms with Gasteiger partial charge in [-0.1, -0.05) is 34.6 Å². The Morgan fingerprint density at radius 3 is 1.46 bits per heavy atom. The van der Waals surface area contributed by atoms with Crippen molar-refractivity contribution in [2.75, 3.05) is 12.5 Å². The van der Waals surface area contributed by atoms with E-state index in [1.165, 1.54) is 0 Å². The second kappa shape index (κ2) is 8.83. The molecule has 0 unspecified atom stereocenters. The van der Waals surface area contributed by atoms with Gasteiger partial charge in [-0.05, 0) is 18.8 Å². The summed E-state index contributed by atoms with van der Waals surface area (Å²) >= 11 is 5.66. The smallest absolute Gasteiger partial charge is 0.0498 e. The van der Waals surface area contributed by atoms with Crippen molar-refractivity contribution in [2.45, 2.75) is 47.5 Å². The summed E-state index contributed by atoms with van der Waals surface area (Å²) in [5.74, 6) is 1.40. The highest BCUT2D eigenvalue weighted by Crippen LogP contribution is 2.26. The number of aliphatic hydroxyl groups is 1. The normalized spacial score (nSPS) is 11.1. The molecule has 0 radical (unpaired) electrons. The van der Waals surface area contributed by atoms with Crippen LogP contribution >= 0.6 is 11.6 Å². The minimum atomic E-state index is -0.0123. The summed E-state index contributed by atoms with van der Waals surface area (Å²) in [6.45, 7) is 10.8. The zero-order valence-corrected chi connectivity index (χ0v) is 10.5. The highest BCUT2D eigenvalue weighted by Gasteiger charge is 2.23. The van der Waals surface area contributed by atoms with Crippen molar-refractivity contribution in [1.29, 1.82) is 0 Å². The van der Waals surface area contributed by atoms with Crippen LogP contribution in [-0.2, 0) is 0 Å². The van der Waals surface area contributed by atoms with Crippen LogP contribution < -0.4 is 0 Å². The predicted octanol–water partition coefficient (Wildman–Crippen LogP) is 3.69. The molecule has 0 saturated heterocycles. The average molecular weight is 209 g/mol. The first-order valence-corrected chi connectivity index (χ1v) is 5.68. The predicted molar refractivity (Wildman–Crippen MR) is 61.3 cm³/mol. The van der Waals surface area contributed by atoms with Crippen LogP contribution in [0.15, 0.2) is 0 Å². The van der Waals surface area contributed by atoms with Gasteiger partial charge in [-0.25, -0.2) is 0 Å². The minimum absolute atomic E-state index is 0.0123. The van der Waals surface area contributed by atoms with Crippen LogP contribution in [0.4, 0.5) is 0 Å². The second-order valence-corrected chi connectivity index (χ2v) is 4.50. The van der Waals surface area contributed by atoms with Crippen LogP contribution in [-0.4, -0.2) is 17.6 Å². The molecule has 0 saturated carbocycles. The fourth-order valence-electron chi connectivity index (χ4n) is 0.705. The third kappa shape index (κ3) is 8.58. The lowest BCUT2D eigenvalue weighted by Gasteiger charge is -2.25. The summed E-state index contributed by atoms with van der Waals surface area (Å²) in [4.78, 5) is 0. The van der Waals surface area contributed by atoms with Gasteiger partial charge in [0.25, 0.3) is 0 Å². The molecule has 13 heavy (non-hydrogen) atoms. The molecule has 2 heteroatoms. The van der Waals surface area contributed by atoms with Gasteiger partial charge in [0.15, 0.2) is 0 Å². The quantitative estimate of drug-likeness (QED) is 0.699. The van der Waals surface area contributed by atoms with Gasteiger partial charge < -0.3 is 5.11 Å². The number of halogens is 1. The first kappa shape index (κ1) is 15.7. The first-order chi connectivity index (χ1) is 5.97. The van der Waals surface area contributed by atoms with Gasteiger partial charge in [-0.15, -0.1) is 11.6 Å². The monoisotopic (exact) mass is 208 g/mol. The van der Waals surface area contributed by atoms with Gasteiger partial charge >= 0.3 is 0 Å². The van der Waals surface area contributed by atoms with Gasteiger partial charge in [-0.2, -0.15) is 0 Å². The molecule has 0 rings (SSSR count). The number of rotatable bonds is 4. The van der Waals surface area contributed by atoms with Gasteiger partial charge in [0, 0.05) is 17.9 Å². The maximum atomic E-state index is 8.89. The number of hydrogen-bond acceptors (Lipinski definition) is 1. The summed E-state index contributed by atoms with van der Waals surface area (Å²) in [5.41, 5.74) is -0.0123. The van der Waals surface area contributed by atoms with Crippen LogP contribution in [0, 0.1) is 11.3 Å². The molecule has 0 aliphatic heterocycles. The van der Waals surface area contributed by atoms with Gasteiger partial charge in [0.05, 0.1) is 0 Å². The van der Waals surface area contributed by atoms with Crippen molar-refractivity contribution >= 4 is 11.6 Å². The zero-order chi connectivity index (χ0) is 10.9. The number of alkyl halides is 1. The van der Waals surface area contributed by atoms with Crippen molar-refractivity contribution in [1.82, 2.24) is 0 Å². The second-order valence-electron chi connectivity index (χ2n) is 4.23. The van der Waals surface area contributed by atoms with E-state index in [-0.39, 0.29) is 12.0 Å². The summed E-state index contributed by atoms with van der Waals surface area (Å²) in [6.07, 6.45) is 1.92. The summed E-state index contributed by atoms with van der Waals surface area (Å²) in [6, 6.07) is 0. The van der Waals surface area contributed by atoms with Crippen molar-refractivity contribution in [2.24, 2.45) is 11.3 Å². The van der Waals surface area contributed by atoms with Crippen molar-refractivity contribution < 1.29 is 5.11 Å². The maximum absolute atomic E-state index is 8.89. The molecule has 0 aliphatic rings. The molecule has 1 N–H and O–H groups in total. The average Bonchev–Trinajstić information content (AvgIpc) is 2.09. The van der Waals surface area contributed by atoms with Crippen molar-refractivity contribution in [3.05, 3.63) is 0 Å². The van der Waals surface area contributed by atoms with Gasteiger partial charge in [0.1, 0.15) is 0 Å². The summed E-state index contributed by atoms with van der Waals surface area (Å²) in [7, 11) is 0. The molecule has 0 aromatic carbocycles. The highest BCUT2D eigenvalue weighted by atomic mass is 35.5. The van der Waals surface area contributed by atoms with Crippen molar-refractivity contribution in [3.8, 4) is 0 Å². The Hall–Kier alpha value is 0.250. The lowest BCUT2D eigenvalue weighted by Crippen LogP contribution is -2.25. The molecular formula is C11H25ClO. The topological polar surface area (TPSA) is 20.2 Å². The summed E-state index contributed by atoms with van der Waals surface area (Å²) in [5, 5.41) is 8.89. The van der Waals surface area contributed by atoms with E-state index in [4.69, 9.17) is 16.7 Å². The standard InChI is InChI=1S/C7H15ClO.C4H10/c1-3-7(4-2,5-8)6-9;1-4(2)3/h9H,3-6H2,1-2H3;4H,1-3H3. The van der Waals surface area contributed by atoms with E-state index >= 15 is 0 Å². The molecule has 0 bridgehead atoms. The molecule has 0 spiro atoms. The molecule has 1 nitrogen and oxygen atoms in total. The molecule has 0 aromatic heterocycles. The van der Waals surface area contributed by atoms with E-state index < -0.39 is 0 Å². The summed E-state index contributed by atoms with van der Waals surface area (Å²) < 4.78 is 0. The van der Waals surface area contributed by atoms with Crippen LogP contribution in [0.1, 0.15) is 47.5 Å². The molecule has 0 heterocycles. The van der Waals surface area contributed by atoms with Crippen LogP contribution in [0.5, 0.6) is 0 Å². The third-order valence-electron chi connectivity index (χ3n) is 2.12. The van der Waals surface area contributed by atoms with E-state index in [2.05, 4.69) is 34.6 Å². The Bertz CT molecular complexity index is 78.0. The molecule has 0 amide bonds. The van der Waals surface area contributed by atoms with Gasteiger partial charge in [-0.3, -0.25) is 0 Å². The zero-order valence-electron chi connectivity index (χ0n) is 9.73. The van der Waals surface area contributed by atoms with Crippen LogP contribution in [0.2, 0.25) is 0 Å². The van der Waals surface area contributed by atoms with E-state index in [1.54, 1.807) is 0 Å². The molecule has 0 fully saturated rings. The highest BCUT2D eigenvalue weighted by molar-refractivity contribution is 6.18. The lowest BCUT2D eigenvalue weighted by molar-refractivity contribution is 0.137. The molecular weight excluding hydrogens is 184 g/mol. The van der Waals surface area contributed by atoms with E-state index in [1.807, 2.05) is 0 Å². The Morgan fingerprint density at radius 1 is 1.15 bits per heavy atom.